The fourth-order valence-electron chi connectivity index (χ4n) is 2.30. The van der Waals surface area contributed by atoms with Crippen LogP contribution >= 0.6 is 0 Å². The van der Waals surface area contributed by atoms with Gasteiger partial charge < -0.3 is 5.73 Å². The van der Waals surface area contributed by atoms with E-state index in [1.165, 1.54) is 6.20 Å². The predicted octanol–water partition coefficient (Wildman–Crippen LogP) is 2.06. The molecule has 0 radical (unpaired) electrons. The Morgan fingerprint density at radius 2 is 2.21 bits per heavy atom. The highest BCUT2D eigenvalue weighted by atomic mass is 19.1. The Hall–Kier alpha value is -0.960. The minimum absolute atomic E-state index is 0.253. The number of aromatic nitrogens is 1. The van der Waals surface area contributed by atoms with Gasteiger partial charge in [-0.2, -0.15) is 0 Å². The summed E-state index contributed by atoms with van der Waals surface area (Å²) in [6.45, 7) is 2.13. The van der Waals surface area contributed by atoms with Gasteiger partial charge >= 0.3 is 0 Å². The first kappa shape index (κ1) is 9.59. The number of rotatable bonds is 1. The molecule has 0 amide bonds. The fourth-order valence-corrected chi connectivity index (χ4v) is 2.30. The first-order chi connectivity index (χ1) is 6.68. The summed E-state index contributed by atoms with van der Waals surface area (Å²) in [6.07, 6.45) is 5.07. The van der Waals surface area contributed by atoms with E-state index in [9.17, 15) is 4.39 Å². The Bertz CT molecular complexity index is 327. The van der Waals surface area contributed by atoms with Crippen LogP contribution in [0, 0.1) is 11.7 Å². The highest BCUT2D eigenvalue weighted by molar-refractivity contribution is 5.19. The maximum Gasteiger partial charge on any atom is 0.141 e. The molecule has 1 aromatic heterocycles. The van der Waals surface area contributed by atoms with Crippen molar-refractivity contribution in [1.82, 2.24) is 4.98 Å². The average Bonchev–Trinajstić information content (AvgIpc) is 2.48. The summed E-state index contributed by atoms with van der Waals surface area (Å²) in [5.74, 6) is 0.557. The van der Waals surface area contributed by atoms with Crippen molar-refractivity contribution in [2.45, 2.75) is 31.7 Å². The van der Waals surface area contributed by atoms with E-state index in [2.05, 4.69) is 11.9 Å². The SMILES string of the molecule is CC1C(N)CCC1c1cncc(F)c1. The van der Waals surface area contributed by atoms with E-state index in [-0.39, 0.29) is 11.9 Å². The normalized spacial score (nSPS) is 32.1. The Kier molecular flexibility index (Phi) is 2.50. The van der Waals surface area contributed by atoms with Gasteiger partial charge in [0, 0.05) is 12.2 Å². The molecule has 1 saturated carbocycles. The smallest absolute Gasteiger partial charge is 0.141 e. The van der Waals surface area contributed by atoms with Gasteiger partial charge in [-0.3, -0.25) is 4.98 Å². The van der Waals surface area contributed by atoms with E-state index >= 15 is 0 Å². The van der Waals surface area contributed by atoms with Crippen molar-refractivity contribution in [3.8, 4) is 0 Å². The zero-order valence-corrected chi connectivity index (χ0v) is 8.28. The van der Waals surface area contributed by atoms with Crippen LogP contribution in [-0.4, -0.2) is 11.0 Å². The molecule has 3 unspecified atom stereocenters. The second-order valence-corrected chi connectivity index (χ2v) is 4.14. The van der Waals surface area contributed by atoms with Crippen LogP contribution in [0.3, 0.4) is 0 Å². The monoisotopic (exact) mass is 194 g/mol. The molecule has 3 atom stereocenters. The summed E-state index contributed by atoms with van der Waals surface area (Å²) >= 11 is 0. The summed E-state index contributed by atoms with van der Waals surface area (Å²) in [5.41, 5.74) is 6.92. The topological polar surface area (TPSA) is 38.9 Å². The molecule has 0 aliphatic heterocycles. The molecule has 0 bridgehead atoms. The predicted molar refractivity (Wildman–Crippen MR) is 53.3 cm³/mol. The zero-order chi connectivity index (χ0) is 10.1. The molecule has 76 valence electrons. The number of hydrogen-bond donors (Lipinski definition) is 1. The Balaban J connectivity index is 2.23. The van der Waals surface area contributed by atoms with Crippen molar-refractivity contribution >= 4 is 0 Å². The number of halogens is 1. The molecule has 2 rings (SSSR count). The molecule has 2 N–H and O–H groups in total. The third-order valence-corrected chi connectivity index (χ3v) is 3.28. The Morgan fingerprint density at radius 1 is 1.43 bits per heavy atom. The van der Waals surface area contributed by atoms with Gasteiger partial charge in [0.15, 0.2) is 0 Å². The summed E-state index contributed by atoms with van der Waals surface area (Å²) in [7, 11) is 0. The first-order valence-electron chi connectivity index (χ1n) is 5.04. The van der Waals surface area contributed by atoms with Crippen molar-refractivity contribution in [1.29, 1.82) is 0 Å². The van der Waals surface area contributed by atoms with Crippen LogP contribution < -0.4 is 5.73 Å². The van der Waals surface area contributed by atoms with Gasteiger partial charge in [0.2, 0.25) is 0 Å². The molecule has 0 spiro atoms. The van der Waals surface area contributed by atoms with Gasteiger partial charge in [0.25, 0.3) is 0 Å². The van der Waals surface area contributed by atoms with Crippen LogP contribution in [0.15, 0.2) is 18.5 Å². The Labute approximate surface area is 83.3 Å². The average molecular weight is 194 g/mol. The van der Waals surface area contributed by atoms with Crippen LogP contribution in [-0.2, 0) is 0 Å². The van der Waals surface area contributed by atoms with Crippen LogP contribution in [0.2, 0.25) is 0 Å². The van der Waals surface area contributed by atoms with Gasteiger partial charge in [-0.1, -0.05) is 6.92 Å². The van der Waals surface area contributed by atoms with Gasteiger partial charge in [-0.25, -0.2) is 4.39 Å². The molecule has 14 heavy (non-hydrogen) atoms. The summed E-state index contributed by atoms with van der Waals surface area (Å²) < 4.78 is 13.0. The Morgan fingerprint density at radius 3 is 2.79 bits per heavy atom. The second-order valence-electron chi connectivity index (χ2n) is 4.14. The minimum Gasteiger partial charge on any atom is -0.327 e. The molecule has 0 saturated heterocycles. The standard InChI is InChI=1S/C11H15FN2/c1-7-10(2-3-11(7)13)8-4-9(12)6-14-5-8/h4-7,10-11H,2-3,13H2,1H3. The molecular weight excluding hydrogens is 179 g/mol. The third-order valence-electron chi connectivity index (χ3n) is 3.28. The molecular formula is C11H15FN2. The second kappa shape index (κ2) is 3.65. The third kappa shape index (κ3) is 1.64. The van der Waals surface area contributed by atoms with Crippen molar-refractivity contribution in [3.63, 3.8) is 0 Å². The first-order valence-corrected chi connectivity index (χ1v) is 5.04. The highest BCUT2D eigenvalue weighted by Crippen LogP contribution is 2.38. The highest BCUT2D eigenvalue weighted by Gasteiger charge is 2.31. The molecule has 3 heteroatoms. The molecule has 2 nitrogen and oxygen atoms in total. The zero-order valence-electron chi connectivity index (χ0n) is 8.28. The van der Waals surface area contributed by atoms with Crippen molar-refractivity contribution in [3.05, 3.63) is 29.8 Å². The van der Waals surface area contributed by atoms with Gasteiger partial charge in [0.1, 0.15) is 5.82 Å². The van der Waals surface area contributed by atoms with Gasteiger partial charge in [-0.15, -0.1) is 0 Å². The van der Waals surface area contributed by atoms with Crippen LogP contribution in [0.4, 0.5) is 4.39 Å². The molecule has 0 aromatic carbocycles. The van der Waals surface area contributed by atoms with Crippen molar-refractivity contribution in [2.75, 3.05) is 0 Å². The van der Waals surface area contributed by atoms with Gasteiger partial charge in [-0.05, 0) is 36.3 Å². The molecule has 1 aliphatic carbocycles. The van der Waals surface area contributed by atoms with Crippen molar-refractivity contribution in [2.24, 2.45) is 11.7 Å². The fraction of sp³-hybridized carbons (Fsp3) is 0.545. The molecule has 1 fully saturated rings. The lowest BCUT2D eigenvalue weighted by Gasteiger charge is -2.17. The minimum atomic E-state index is -0.254. The van der Waals surface area contributed by atoms with E-state index < -0.39 is 0 Å². The van der Waals surface area contributed by atoms with Gasteiger partial charge in [0.05, 0.1) is 6.20 Å². The van der Waals surface area contributed by atoms with Crippen LogP contribution in [0.1, 0.15) is 31.2 Å². The quantitative estimate of drug-likeness (QED) is 0.743. The summed E-state index contributed by atoms with van der Waals surface area (Å²) in [5, 5.41) is 0. The summed E-state index contributed by atoms with van der Waals surface area (Å²) in [4.78, 5) is 3.87. The van der Waals surface area contributed by atoms with E-state index in [4.69, 9.17) is 5.73 Å². The molecule has 1 aromatic rings. The molecule has 1 heterocycles. The number of hydrogen-bond acceptors (Lipinski definition) is 2. The number of pyridine rings is 1. The maximum absolute atomic E-state index is 13.0. The molecule has 1 aliphatic rings. The van der Waals surface area contributed by atoms with E-state index in [0.29, 0.717) is 11.8 Å². The van der Waals surface area contributed by atoms with Crippen molar-refractivity contribution < 1.29 is 4.39 Å². The lowest BCUT2D eigenvalue weighted by atomic mass is 9.90. The number of nitrogens with two attached hydrogens (primary N) is 1. The van der Waals surface area contributed by atoms with E-state index in [0.717, 1.165) is 18.4 Å². The summed E-state index contributed by atoms with van der Waals surface area (Å²) in [6, 6.07) is 1.83. The van der Waals surface area contributed by atoms with Crippen LogP contribution in [0.25, 0.3) is 0 Å². The number of nitrogens with zero attached hydrogens (tertiary/aromatic N) is 1. The van der Waals surface area contributed by atoms with E-state index in [1.54, 1.807) is 12.3 Å². The van der Waals surface area contributed by atoms with E-state index in [1.807, 2.05) is 0 Å². The lowest BCUT2D eigenvalue weighted by molar-refractivity contribution is 0.476. The largest absolute Gasteiger partial charge is 0.327 e. The lowest BCUT2D eigenvalue weighted by Crippen LogP contribution is -2.24. The van der Waals surface area contributed by atoms with Crippen LogP contribution in [0.5, 0.6) is 0 Å². The maximum atomic E-state index is 13.0.